The highest BCUT2D eigenvalue weighted by Crippen LogP contribution is 2.16. The average molecular weight is 347 g/mol. The van der Waals surface area contributed by atoms with Gasteiger partial charge >= 0.3 is 0 Å². The minimum absolute atomic E-state index is 0.000657. The number of fused-ring (bicyclic) bond motifs is 2. The van der Waals surface area contributed by atoms with Gasteiger partial charge in [0.25, 0.3) is 0 Å². The van der Waals surface area contributed by atoms with Crippen LogP contribution in [0.3, 0.4) is 0 Å². The van der Waals surface area contributed by atoms with Crippen molar-refractivity contribution in [2.45, 2.75) is 33.0 Å². The number of nitrogens with zero attached hydrogens (tertiary/aromatic N) is 4. The van der Waals surface area contributed by atoms with Gasteiger partial charge in [-0.25, -0.2) is 4.98 Å². The molecule has 132 valence electrons. The quantitative estimate of drug-likeness (QED) is 0.583. The molecule has 6 heteroatoms. The minimum Gasteiger partial charge on any atom is -0.349 e. The molecule has 2 aromatic heterocycles. The fourth-order valence-electron chi connectivity index (χ4n) is 3.29. The predicted octanol–water partition coefficient (Wildman–Crippen LogP) is 3.11. The molecule has 0 saturated heterocycles. The molecular formula is C20H21N5O. The van der Waals surface area contributed by atoms with Crippen molar-refractivity contribution in [3.8, 4) is 0 Å². The zero-order chi connectivity index (χ0) is 17.9. The van der Waals surface area contributed by atoms with Crippen molar-refractivity contribution >= 4 is 27.8 Å². The number of carbonyl (C=O) groups is 1. The Bertz CT molecular complexity index is 1060. The lowest BCUT2D eigenvalue weighted by Crippen LogP contribution is -2.25. The van der Waals surface area contributed by atoms with E-state index in [1.807, 2.05) is 53.3 Å². The van der Waals surface area contributed by atoms with E-state index in [1.165, 1.54) is 0 Å². The summed E-state index contributed by atoms with van der Waals surface area (Å²) in [5.41, 5.74) is 3.11. The molecule has 0 atom stereocenters. The maximum atomic E-state index is 12.3. The molecule has 0 bridgehead atoms. The summed E-state index contributed by atoms with van der Waals surface area (Å²) in [6.07, 6.45) is 2.22. The summed E-state index contributed by atoms with van der Waals surface area (Å²) in [6, 6.07) is 16.0. The van der Waals surface area contributed by atoms with E-state index in [-0.39, 0.29) is 5.91 Å². The number of para-hydroxylation sites is 3. The molecule has 4 rings (SSSR count). The number of amides is 1. The van der Waals surface area contributed by atoms with Gasteiger partial charge in [0.05, 0.1) is 35.8 Å². The number of carbonyl (C=O) groups excluding carboxylic acids is 1. The molecule has 0 aliphatic heterocycles. The molecule has 6 nitrogen and oxygen atoms in total. The van der Waals surface area contributed by atoms with Gasteiger partial charge in [0.15, 0.2) is 0 Å². The second-order valence-electron chi connectivity index (χ2n) is 6.21. The second kappa shape index (κ2) is 7.00. The zero-order valence-corrected chi connectivity index (χ0v) is 14.7. The lowest BCUT2D eigenvalue weighted by molar-refractivity contribution is -0.121. The van der Waals surface area contributed by atoms with Gasteiger partial charge in [0, 0.05) is 18.4 Å². The Labute approximate surface area is 151 Å². The Morgan fingerprint density at radius 3 is 2.69 bits per heavy atom. The summed E-state index contributed by atoms with van der Waals surface area (Å²) in [5.74, 6) is 0.880. The van der Waals surface area contributed by atoms with Crippen molar-refractivity contribution in [1.82, 2.24) is 24.6 Å². The van der Waals surface area contributed by atoms with Crippen molar-refractivity contribution in [3.05, 3.63) is 60.6 Å². The van der Waals surface area contributed by atoms with Crippen molar-refractivity contribution in [2.24, 2.45) is 0 Å². The summed E-state index contributed by atoms with van der Waals surface area (Å²) < 4.78 is 4.01. The first kappa shape index (κ1) is 16.3. The number of benzene rings is 2. The Kier molecular flexibility index (Phi) is 4.39. The van der Waals surface area contributed by atoms with E-state index >= 15 is 0 Å². The van der Waals surface area contributed by atoms with Crippen molar-refractivity contribution in [3.63, 3.8) is 0 Å². The third kappa shape index (κ3) is 3.06. The van der Waals surface area contributed by atoms with Crippen LogP contribution >= 0.6 is 0 Å². The van der Waals surface area contributed by atoms with Crippen LogP contribution < -0.4 is 5.32 Å². The summed E-state index contributed by atoms with van der Waals surface area (Å²) in [4.78, 5) is 16.9. The average Bonchev–Trinajstić information content (AvgIpc) is 3.25. The number of aryl methyl sites for hydroxylation is 2. The zero-order valence-electron chi connectivity index (χ0n) is 14.7. The van der Waals surface area contributed by atoms with E-state index < -0.39 is 0 Å². The van der Waals surface area contributed by atoms with E-state index in [0.29, 0.717) is 19.5 Å². The van der Waals surface area contributed by atoms with Gasteiger partial charge in [-0.05, 0) is 25.1 Å². The normalized spacial score (nSPS) is 11.3. The van der Waals surface area contributed by atoms with Crippen LogP contribution in [0, 0.1) is 0 Å². The van der Waals surface area contributed by atoms with E-state index in [9.17, 15) is 4.79 Å². The second-order valence-corrected chi connectivity index (χ2v) is 6.21. The molecule has 26 heavy (non-hydrogen) atoms. The van der Waals surface area contributed by atoms with Gasteiger partial charge < -0.3 is 9.88 Å². The first-order valence-electron chi connectivity index (χ1n) is 8.87. The van der Waals surface area contributed by atoms with Crippen LogP contribution in [-0.2, 0) is 24.4 Å². The lowest BCUT2D eigenvalue weighted by Gasteiger charge is -2.08. The van der Waals surface area contributed by atoms with Crippen LogP contribution in [0.25, 0.3) is 21.9 Å². The summed E-state index contributed by atoms with van der Waals surface area (Å²) in [7, 11) is 0. The number of hydrogen-bond donors (Lipinski definition) is 1. The van der Waals surface area contributed by atoms with Crippen molar-refractivity contribution < 1.29 is 4.79 Å². The van der Waals surface area contributed by atoms with Gasteiger partial charge in [0.2, 0.25) is 5.91 Å². The van der Waals surface area contributed by atoms with Crippen LogP contribution in [-0.4, -0.2) is 25.2 Å². The number of nitrogens with one attached hydrogen (secondary N) is 1. The molecule has 4 aromatic rings. The molecule has 0 aliphatic rings. The first-order valence-corrected chi connectivity index (χ1v) is 8.87. The third-order valence-electron chi connectivity index (χ3n) is 4.60. The van der Waals surface area contributed by atoms with E-state index in [0.717, 1.165) is 34.3 Å². The van der Waals surface area contributed by atoms with Crippen LogP contribution in [0.5, 0.6) is 0 Å². The monoisotopic (exact) mass is 347 g/mol. The maximum absolute atomic E-state index is 12.3. The molecule has 1 amide bonds. The smallest absolute Gasteiger partial charge is 0.222 e. The van der Waals surface area contributed by atoms with Gasteiger partial charge in [-0.15, -0.1) is 0 Å². The number of hydrogen-bond acceptors (Lipinski definition) is 3. The predicted molar refractivity (Wildman–Crippen MR) is 102 cm³/mol. The Morgan fingerprint density at radius 1 is 1.08 bits per heavy atom. The molecule has 0 spiro atoms. The molecule has 0 unspecified atom stereocenters. The highest BCUT2D eigenvalue weighted by molar-refractivity contribution is 5.79. The topological polar surface area (TPSA) is 64.7 Å². The highest BCUT2D eigenvalue weighted by Gasteiger charge is 2.11. The number of imidazole rings is 1. The van der Waals surface area contributed by atoms with Crippen molar-refractivity contribution in [1.29, 1.82) is 0 Å². The maximum Gasteiger partial charge on any atom is 0.222 e. The van der Waals surface area contributed by atoms with Crippen molar-refractivity contribution in [2.75, 3.05) is 0 Å². The first-order chi connectivity index (χ1) is 12.8. The van der Waals surface area contributed by atoms with Gasteiger partial charge in [0.1, 0.15) is 5.82 Å². The molecule has 2 heterocycles. The molecule has 2 aromatic carbocycles. The van der Waals surface area contributed by atoms with Gasteiger partial charge in [-0.3, -0.25) is 9.48 Å². The Morgan fingerprint density at radius 2 is 1.85 bits per heavy atom. The van der Waals surface area contributed by atoms with Crippen LogP contribution in [0.15, 0.2) is 54.7 Å². The van der Waals surface area contributed by atoms with E-state index in [4.69, 9.17) is 0 Å². The van der Waals surface area contributed by atoms with Crippen LogP contribution in [0.1, 0.15) is 19.2 Å². The Balaban J connectivity index is 1.40. The standard InChI is InChI=1S/C20H21N5O/c1-2-24-18-10-6-4-8-16(18)23-19(24)14-21-20(26)11-12-25-17-9-5-3-7-15(17)13-22-25/h3-10,13H,2,11-12,14H2,1H3,(H,21,26). The van der Waals surface area contributed by atoms with Crippen LogP contribution in [0.2, 0.25) is 0 Å². The third-order valence-corrected chi connectivity index (χ3v) is 4.60. The molecule has 0 radical (unpaired) electrons. The van der Waals surface area contributed by atoms with E-state index in [1.54, 1.807) is 0 Å². The number of aromatic nitrogens is 4. The largest absolute Gasteiger partial charge is 0.349 e. The fraction of sp³-hybridized carbons (Fsp3) is 0.250. The lowest BCUT2D eigenvalue weighted by atomic mass is 10.2. The van der Waals surface area contributed by atoms with E-state index in [2.05, 4.69) is 33.0 Å². The summed E-state index contributed by atoms with van der Waals surface area (Å²) in [6.45, 7) is 3.90. The SMILES string of the molecule is CCn1c(CNC(=O)CCn2ncc3ccccc32)nc2ccccc21. The molecular weight excluding hydrogens is 326 g/mol. The summed E-state index contributed by atoms with van der Waals surface area (Å²) in [5, 5.41) is 8.43. The minimum atomic E-state index is -0.000657. The molecule has 0 saturated carbocycles. The van der Waals surface area contributed by atoms with Gasteiger partial charge in [-0.2, -0.15) is 5.10 Å². The van der Waals surface area contributed by atoms with Gasteiger partial charge in [-0.1, -0.05) is 30.3 Å². The molecule has 0 aliphatic carbocycles. The fourth-order valence-corrected chi connectivity index (χ4v) is 3.29. The molecule has 1 N–H and O–H groups in total. The van der Waals surface area contributed by atoms with Crippen LogP contribution in [0.4, 0.5) is 0 Å². The highest BCUT2D eigenvalue weighted by atomic mass is 16.1. The number of rotatable bonds is 6. The summed E-state index contributed by atoms with van der Waals surface area (Å²) >= 11 is 0. The molecule has 0 fully saturated rings. The Hall–Kier alpha value is -3.15.